The van der Waals surface area contributed by atoms with Crippen LogP contribution in [0.5, 0.6) is 0 Å². The summed E-state index contributed by atoms with van der Waals surface area (Å²) in [4.78, 5) is 2.46. The van der Waals surface area contributed by atoms with Crippen molar-refractivity contribution in [3.05, 3.63) is 33.8 Å². The molecule has 2 rings (SSSR count). The summed E-state index contributed by atoms with van der Waals surface area (Å²) in [7, 11) is 0. The molecule has 0 saturated carbocycles. The Morgan fingerprint density at radius 2 is 2.06 bits per heavy atom. The van der Waals surface area contributed by atoms with Gasteiger partial charge in [-0.3, -0.25) is 4.90 Å². The van der Waals surface area contributed by atoms with Gasteiger partial charge in [0.25, 0.3) is 0 Å². The Balaban J connectivity index is 2.09. The molecule has 0 aliphatic carbocycles. The number of halogens is 2. The number of benzene rings is 1. The maximum atomic E-state index is 6.24. The van der Waals surface area contributed by atoms with Crippen molar-refractivity contribution in [1.29, 1.82) is 0 Å². The van der Waals surface area contributed by atoms with E-state index in [2.05, 4.69) is 17.1 Å². The molecule has 18 heavy (non-hydrogen) atoms. The van der Waals surface area contributed by atoms with Gasteiger partial charge in [-0.2, -0.15) is 0 Å². The molecule has 0 amide bonds. The Labute approximate surface area is 119 Å². The van der Waals surface area contributed by atoms with Crippen molar-refractivity contribution in [2.45, 2.75) is 32.4 Å². The van der Waals surface area contributed by atoms with Gasteiger partial charge in [-0.25, -0.2) is 0 Å². The third-order valence-electron chi connectivity index (χ3n) is 3.62. The zero-order valence-electron chi connectivity index (χ0n) is 10.8. The quantitative estimate of drug-likeness (QED) is 0.910. The average molecular weight is 287 g/mol. The minimum absolute atomic E-state index is 0.594. The third-order valence-corrected chi connectivity index (χ3v) is 4.32. The molecule has 100 valence electrons. The van der Waals surface area contributed by atoms with E-state index in [1.54, 1.807) is 0 Å². The molecule has 0 bridgehead atoms. The van der Waals surface area contributed by atoms with Gasteiger partial charge in [0.05, 0.1) is 0 Å². The minimum Gasteiger partial charge on any atom is -0.315 e. The molecule has 1 heterocycles. The van der Waals surface area contributed by atoms with Crippen molar-refractivity contribution >= 4 is 23.2 Å². The molecule has 1 saturated heterocycles. The van der Waals surface area contributed by atoms with Gasteiger partial charge in [-0.1, -0.05) is 36.2 Å². The van der Waals surface area contributed by atoms with Crippen molar-refractivity contribution in [3.8, 4) is 0 Å². The van der Waals surface area contributed by atoms with Crippen molar-refractivity contribution in [3.63, 3.8) is 0 Å². The van der Waals surface area contributed by atoms with E-state index in [9.17, 15) is 0 Å². The zero-order valence-corrected chi connectivity index (χ0v) is 12.3. The average Bonchev–Trinajstić information content (AvgIpc) is 2.40. The SMILES string of the molecule is CCN(Cc1c(Cl)cccc1Cl)C1CCCNC1. The summed E-state index contributed by atoms with van der Waals surface area (Å²) in [5.74, 6) is 0. The molecule has 1 N–H and O–H groups in total. The summed E-state index contributed by atoms with van der Waals surface area (Å²) in [6.45, 7) is 6.26. The fraction of sp³-hybridized carbons (Fsp3) is 0.571. The van der Waals surface area contributed by atoms with E-state index < -0.39 is 0 Å². The Morgan fingerprint density at radius 1 is 1.33 bits per heavy atom. The molecule has 1 fully saturated rings. The highest BCUT2D eigenvalue weighted by Gasteiger charge is 2.21. The van der Waals surface area contributed by atoms with Crippen LogP contribution in [0, 0.1) is 0 Å². The van der Waals surface area contributed by atoms with Crippen molar-refractivity contribution < 1.29 is 0 Å². The molecular formula is C14H20Cl2N2. The number of hydrogen-bond acceptors (Lipinski definition) is 2. The predicted octanol–water partition coefficient (Wildman–Crippen LogP) is 3.57. The van der Waals surface area contributed by atoms with Gasteiger partial charge in [-0.15, -0.1) is 0 Å². The molecule has 4 heteroatoms. The third kappa shape index (κ3) is 3.39. The molecule has 1 aliphatic rings. The van der Waals surface area contributed by atoms with Gasteiger partial charge in [0, 0.05) is 34.7 Å². The molecule has 1 aromatic carbocycles. The largest absolute Gasteiger partial charge is 0.315 e. The van der Waals surface area contributed by atoms with Crippen LogP contribution in [0.1, 0.15) is 25.3 Å². The molecule has 0 aromatic heterocycles. The van der Waals surface area contributed by atoms with Crippen molar-refractivity contribution in [2.75, 3.05) is 19.6 Å². The summed E-state index contributed by atoms with van der Waals surface area (Å²) in [5, 5.41) is 4.99. The van der Waals surface area contributed by atoms with Crippen LogP contribution in [-0.2, 0) is 6.54 Å². The Bertz CT molecular complexity index is 369. The number of nitrogens with zero attached hydrogens (tertiary/aromatic N) is 1. The lowest BCUT2D eigenvalue weighted by Crippen LogP contribution is -2.45. The first kappa shape index (κ1) is 14.1. The van der Waals surface area contributed by atoms with Gasteiger partial charge < -0.3 is 5.32 Å². The Kier molecular flexibility index (Phi) is 5.31. The van der Waals surface area contributed by atoms with Crippen LogP contribution in [0.25, 0.3) is 0 Å². The molecule has 1 aliphatic heterocycles. The first-order valence-electron chi connectivity index (χ1n) is 6.60. The van der Waals surface area contributed by atoms with Crippen LogP contribution < -0.4 is 5.32 Å². The summed E-state index contributed by atoms with van der Waals surface area (Å²) in [6.07, 6.45) is 2.50. The molecule has 0 radical (unpaired) electrons. The molecule has 2 nitrogen and oxygen atoms in total. The maximum Gasteiger partial charge on any atom is 0.0465 e. The zero-order chi connectivity index (χ0) is 13.0. The van der Waals surface area contributed by atoms with Gasteiger partial charge in [0.15, 0.2) is 0 Å². The first-order valence-corrected chi connectivity index (χ1v) is 7.35. The van der Waals surface area contributed by atoms with Crippen LogP contribution in [0.2, 0.25) is 10.0 Å². The lowest BCUT2D eigenvalue weighted by atomic mass is 10.0. The summed E-state index contributed by atoms with van der Waals surface area (Å²) >= 11 is 12.5. The fourth-order valence-electron chi connectivity index (χ4n) is 2.53. The monoisotopic (exact) mass is 286 g/mol. The highest BCUT2D eigenvalue weighted by molar-refractivity contribution is 6.35. The maximum absolute atomic E-state index is 6.24. The summed E-state index contributed by atoms with van der Waals surface area (Å²) in [6, 6.07) is 6.31. The van der Waals surface area contributed by atoms with Gasteiger partial charge in [0.1, 0.15) is 0 Å². The second-order valence-corrected chi connectivity index (χ2v) is 5.58. The van der Waals surface area contributed by atoms with Crippen LogP contribution in [0.4, 0.5) is 0 Å². The molecule has 0 spiro atoms. The van der Waals surface area contributed by atoms with Crippen LogP contribution in [0.3, 0.4) is 0 Å². The number of rotatable bonds is 4. The fourth-order valence-corrected chi connectivity index (χ4v) is 3.05. The lowest BCUT2D eigenvalue weighted by molar-refractivity contribution is 0.166. The van der Waals surface area contributed by atoms with Crippen LogP contribution in [-0.4, -0.2) is 30.6 Å². The Morgan fingerprint density at radius 3 is 2.61 bits per heavy atom. The first-order chi connectivity index (χ1) is 8.72. The Hall–Kier alpha value is -0.280. The van der Waals surface area contributed by atoms with E-state index in [-0.39, 0.29) is 0 Å². The van der Waals surface area contributed by atoms with Crippen LogP contribution >= 0.6 is 23.2 Å². The second-order valence-electron chi connectivity index (χ2n) is 4.76. The van der Waals surface area contributed by atoms with Gasteiger partial charge in [-0.05, 0) is 38.1 Å². The lowest BCUT2D eigenvalue weighted by Gasteiger charge is -2.34. The smallest absolute Gasteiger partial charge is 0.0465 e. The summed E-state index contributed by atoms with van der Waals surface area (Å²) in [5.41, 5.74) is 1.05. The van der Waals surface area contributed by atoms with E-state index in [1.807, 2.05) is 18.2 Å². The highest BCUT2D eigenvalue weighted by atomic mass is 35.5. The van der Waals surface area contributed by atoms with Crippen molar-refractivity contribution in [2.24, 2.45) is 0 Å². The van der Waals surface area contributed by atoms with Gasteiger partial charge >= 0.3 is 0 Å². The topological polar surface area (TPSA) is 15.3 Å². The normalized spacial score (nSPS) is 20.3. The van der Waals surface area contributed by atoms with E-state index in [4.69, 9.17) is 23.2 Å². The highest BCUT2D eigenvalue weighted by Crippen LogP contribution is 2.27. The van der Waals surface area contributed by atoms with E-state index >= 15 is 0 Å². The van der Waals surface area contributed by atoms with E-state index in [1.165, 1.54) is 12.8 Å². The van der Waals surface area contributed by atoms with E-state index in [0.29, 0.717) is 6.04 Å². The van der Waals surface area contributed by atoms with Crippen molar-refractivity contribution in [1.82, 2.24) is 10.2 Å². The van der Waals surface area contributed by atoms with Crippen LogP contribution in [0.15, 0.2) is 18.2 Å². The number of nitrogens with one attached hydrogen (secondary N) is 1. The number of hydrogen-bond donors (Lipinski definition) is 1. The number of likely N-dealkylation sites (N-methyl/N-ethyl adjacent to an activating group) is 1. The standard InChI is InChI=1S/C14H20Cl2N2/c1-2-18(11-5-4-8-17-9-11)10-12-13(15)6-3-7-14(12)16/h3,6-7,11,17H,2,4-5,8-10H2,1H3. The molecule has 1 aromatic rings. The van der Waals surface area contributed by atoms with E-state index in [0.717, 1.165) is 41.8 Å². The minimum atomic E-state index is 0.594. The number of piperidine rings is 1. The molecule has 1 atom stereocenters. The molecular weight excluding hydrogens is 267 g/mol. The predicted molar refractivity (Wildman–Crippen MR) is 78.4 cm³/mol. The second kappa shape index (κ2) is 6.76. The van der Waals surface area contributed by atoms with Gasteiger partial charge in [0.2, 0.25) is 0 Å². The molecule has 1 unspecified atom stereocenters. The summed E-state index contributed by atoms with van der Waals surface area (Å²) < 4.78 is 0.